The number of rotatable bonds is 4. The van der Waals surface area contributed by atoms with Gasteiger partial charge in [-0.3, -0.25) is 14.4 Å². The lowest BCUT2D eigenvalue weighted by atomic mass is 9.83. The van der Waals surface area contributed by atoms with Gasteiger partial charge in [-0.15, -0.1) is 0 Å². The Labute approximate surface area is 184 Å². The average molecular weight is 428 g/mol. The van der Waals surface area contributed by atoms with E-state index in [2.05, 4.69) is 0 Å². The Hall–Kier alpha value is -4.32. The Bertz CT molecular complexity index is 1240. The maximum atomic E-state index is 12.5. The van der Waals surface area contributed by atoms with Crippen LogP contribution in [0.25, 0.3) is 6.08 Å². The molecule has 0 aromatic heterocycles. The van der Waals surface area contributed by atoms with E-state index in [0.29, 0.717) is 27.8 Å². The van der Waals surface area contributed by atoms with Crippen molar-refractivity contribution >= 4 is 29.6 Å². The second kappa shape index (κ2) is 9.66. The van der Waals surface area contributed by atoms with E-state index in [4.69, 9.17) is 10.2 Å². The van der Waals surface area contributed by atoms with Gasteiger partial charge in [-0.2, -0.15) is 0 Å². The number of carboxylic acid groups (broad SMARTS) is 2. The Balaban J connectivity index is 0.000000222. The fraction of sp³-hybridized carbons (Fsp3) is 0.0769. The van der Waals surface area contributed by atoms with E-state index >= 15 is 0 Å². The maximum absolute atomic E-state index is 12.5. The molecule has 32 heavy (non-hydrogen) atoms. The molecule has 0 aliphatic heterocycles. The fourth-order valence-corrected chi connectivity index (χ4v) is 3.27. The molecule has 0 unspecified atom stereocenters. The minimum absolute atomic E-state index is 0.111. The van der Waals surface area contributed by atoms with Crippen LogP contribution in [0.4, 0.5) is 0 Å². The zero-order chi connectivity index (χ0) is 23.3. The first-order valence-electron chi connectivity index (χ1n) is 9.77. The molecule has 0 saturated heterocycles. The molecule has 1 aliphatic rings. The molecule has 0 spiro atoms. The van der Waals surface area contributed by atoms with Gasteiger partial charge in [-0.1, -0.05) is 60.2 Å². The molecule has 0 amide bonds. The van der Waals surface area contributed by atoms with Gasteiger partial charge in [0.05, 0.1) is 6.42 Å². The molecule has 0 heterocycles. The summed E-state index contributed by atoms with van der Waals surface area (Å²) in [5.74, 6) is -2.26. The first-order valence-corrected chi connectivity index (χ1v) is 9.77. The minimum Gasteiger partial charge on any atom is -0.481 e. The quantitative estimate of drug-likeness (QED) is 0.472. The van der Waals surface area contributed by atoms with Crippen LogP contribution in [-0.2, 0) is 16.0 Å². The van der Waals surface area contributed by atoms with Crippen LogP contribution in [0.15, 0.2) is 72.8 Å². The van der Waals surface area contributed by atoms with Gasteiger partial charge < -0.3 is 10.2 Å². The normalized spacial score (nSPS) is 11.9. The van der Waals surface area contributed by atoms with Crippen LogP contribution >= 0.6 is 0 Å². The monoisotopic (exact) mass is 428 g/mol. The van der Waals surface area contributed by atoms with Gasteiger partial charge in [0.15, 0.2) is 11.6 Å². The highest BCUT2D eigenvalue weighted by Gasteiger charge is 2.29. The molecule has 0 saturated carbocycles. The smallest absolute Gasteiger partial charge is 0.328 e. The third kappa shape index (κ3) is 5.23. The Morgan fingerprint density at radius 1 is 0.781 bits per heavy atom. The molecule has 2 N–H and O–H groups in total. The van der Waals surface area contributed by atoms with Crippen molar-refractivity contribution in [1.29, 1.82) is 0 Å². The number of aryl methyl sites for hydroxylation is 1. The Morgan fingerprint density at radius 3 is 1.91 bits per heavy atom. The van der Waals surface area contributed by atoms with Gasteiger partial charge in [-0.05, 0) is 36.3 Å². The van der Waals surface area contributed by atoms with E-state index < -0.39 is 11.9 Å². The zero-order valence-electron chi connectivity index (χ0n) is 17.2. The fourth-order valence-electron chi connectivity index (χ4n) is 3.27. The Morgan fingerprint density at radius 2 is 1.34 bits per heavy atom. The van der Waals surface area contributed by atoms with Crippen LogP contribution in [-0.4, -0.2) is 33.7 Å². The molecular formula is C26H20O6. The van der Waals surface area contributed by atoms with Crippen molar-refractivity contribution in [2.75, 3.05) is 0 Å². The summed E-state index contributed by atoms with van der Waals surface area (Å²) in [6.45, 7) is 1.98. The average Bonchev–Trinajstić information content (AvgIpc) is 2.77. The third-order valence-corrected chi connectivity index (χ3v) is 4.84. The van der Waals surface area contributed by atoms with Crippen molar-refractivity contribution in [2.45, 2.75) is 13.3 Å². The number of aliphatic carboxylic acids is 2. The molecule has 160 valence electrons. The first kappa shape index (κ1) is 22.4. The lowest BCUT2D eigenvalue weighted by Crippen LogP contribution is -2.20. The van der Waals surface area contributed by atoms with E-state index in [1.165, 1.54) is 6.08 Å². The van der Waals surface area contributed by atoms with Gasteiger partial charge in [-0.25, -0.2) is 4.79 Å². The molecule has 0 fully saturated rings. The largest absolute Gasteiger partial charge is 0.481 e. The second-order valence-electron chi connectivity index (χ2n) is 7.24. The molecule has 1 aliphatic carbocycles. The lowest BCUT2D eigenvalue weighted by molar-refractivity contribution is -0.136. The summed E-state index contributed by atoms with van der Waals surface area (Å²) in [4.78, 5) is 45.6. The topological polar surface area (TPSA) is 109 Å². The van der Waals surface area contributed by atoms with Crippen molar-refractivity contribution in [3.63, 3.8) is 0 Å². The SMILES string of the molecule is Cc1ccc(CC(=O)O)cc1.O=C(O)/C=C/c1ccc2c(c1)C(=O)c1ccccc1C2=O. The lowest BCUT2D eigenvalue weighted by Gasteiger charge is -2.17. The van der Waals surface area contributed by atoms with Crippen LogP contribution < -0.4 is 0 Å². The van der Waals surface area contributed by atoms with Crippen LogP contribution in [0, 0.1) is 6.92 Å². The molecule has 3 aromatic carbocycles. The van der Waals surface area contributed by atoms with E-state index in [1.807, 2.05) is 31.2 Å². The van der Waals surface area contributed by atoms with Gasteiger partial charge in [0.25, 0.3) is 0 Å². The zero-order valence-corrected chi connectivity index (χ0v) is 17.2. The molecule has 0 bridgehead atoms. The summed E-state index contributed by atoms with van der Waals surface area (Å²) in [6.07, 6.45) is 2.49. The number of carbonyl (C=O) groups is 4. The van der Waals surface area contributed by atoms with Crippen molar-refractivity contribution in [2.24, 2.45) is 0 Å². The number of carboxylic acids is 2. The number of fused-ring (bicyclic) bond motifs is 2. The van der Waals surface area contributed by atoms with Crippen molar-refractivity contribution in [3.8, 4) is 0 Å². The Kier molecular flexibility index (Phi) is 6.75. The molecular weight excluding hydrogens is 408 g/mol. The summed E-state index contributed by atoms with van der Waals surface area (Å²) in [6, 6.07) is 18.9. The van der Waals surface area contributed by atoms with E-state index in [1.54, 1.807) is 42.5 Å². The van der Waals surface area contributed by atoms with E-state index in [0.717, 1.165) is 17.2 Å². The van der Waals surface area contributed by atoms with E-state index in [9.17, 15) is 19.2 Å². The van der Waals surface area contributed by atoms with Crippen molar-refractivity contribution < 1.29 is 29.4 Å². The number of carbonyl (C=O) groups excluding carboxylic acids is 2. The number of hydrogen-bond donors (Lipinski definition) is 2. The summed E-state index contributed by atoms with van der Waals surface area (Å²) < 4.78 is 0. The van der Waals surface area contributed by atoms with Gasteiger partial charge in [0.1, 0.15) is 0 Å². The van der Waals surface area contributed by atoms with Crippen LogP contribution in [0.5, 0.6) is 0 Å². The van der Waals surface area contributed by atoms with Crippen LogP contribution in [0.1, 0.15) is 48.5 Å². The molecule has 0 radical (unpaired) electrons. The number of ketones is 2. The molecule has 3 aromatic rings. The highest BCUT2D eigenvalue weighted by atomic mass is 16.4. The van der Waals surface area contributed by atoms with Crippen LogP contribution in [0.2, 0.25) is 0 Å². The summed E-state index contributed by atoms with van der Waals surface area (Å²) in [5, 5.41) is 17.1. The van der Waals surface area contributed by atoms with Crippen molar-refractivity contribution in [1.82, 2.24) is 0 Å². The second-order valence-corrected chi connectivity index (χ2v) is 7.24. The summed E-state index contributed by atoms with van der Waals surface area (Å²) >= 11 is 0. The predicted octanol–water partition coefficient (Wildman–Crippen LogP) is 4.18. The molecule has 6 heteroatoms. The van der Waals surface area contributed by atoms with Gasteiger partial charge in [0, 0.05) is 28.3 Å². The third-order valence-electron chi connectivity index (χ3n) is 4.84. The van der Waals surface area contributed by atoms with Crippen LogP contribution in [0.3, 0.4) is 0 Å². The first-order chi connectivity index (χ1) is 15.3. The standard InChI is InChI=1S/C17H10O4.C9H10O2/c18-15(19)8-6-10-5-7-13-14(9-10)17(21)12-4-2-1-3-11(12)16(13)20;1-7-2-4-8(5-3-7)6-9(10)11/h1-9H,(H,18,19);2-5H,6H2,1H3,(H,10,11)/b8-6+;. The maximum Gasteiger partial charge on any atom is 0.328 e. The number of benzene rings is 3. The van der Waals surface area contributed by atoms with E-state index in [-0.39, 0.29) is 18.0 Å². The molecule has 4 rings (SSSR count). The highest BCUT2D eigenvalue weighted by Crippen LogP contribution is 2.28. The predicted molar refractivity (Wildman–Crippen MR) is 119 cm³/mol. The minimum atomic E-state index is -1.07. The number of hydrogen-bond acceptors (Lipinski definition) is 4. The van der Waals surface area contributed by atoms with Gasteiger partial charge >= 0.3 is 11.9 Å². The summed E-state index contributed by atoms with van der Waals surface area (Å²) in [5.41, 5.74) is 4.02. The highest BCUT2D eigenvalue weighted by molar-refractivity contribution is 6.28. The molecule has 6 nitrogen and oxygen atoms in total. The molecule has 0 atom stereocenters. The van der Waals surface area contributed by atoms with Crippen molar-refractivity contribution in [3.05, 3.63) is 112 Å². The summed E-state index contributed by atoms with van der Waals surface area (Å²) in [7, 11) is 0. The van der Waals surface area contributed by atoms with Gasteiger partial charge in [0.2, 0.25) is 0 Å².